The maximum Gasteiger partial charge on any atom is 0.349 e. The van der Waals surface area contributed by atoms with Gasteiger partial charge in [0.05, 0.1) is 36.8 Å². The van der Waals surface area contributed by atoms with Crippen molar-refractivity contribution in [2.45, 2.75) is 34.9 Å². The maximum atomic E-state index is 14.7. The van der Waals surface area contributed by atoms with Gasteiger partial charge in [0.15, 0.2) is 0 Å². The van der Waals surface area contributed by atoms with Gasteiger partial charge in [-0.3, -0.25) is 19.2 Å². The molecule has 3 atom stereocenters. The lowest BCUT2D eigenvalue weighted by Gasteiger charge is -2.51. The molecule has 38 heavy (non-hydrogen) atoms. The van der Waals surface area contributed by atoms with Crippen LogP contribution < -0.4 is 5.32 Å². The minimum absolute atomic E-state index is 0.0520. The molecule has 0 aromatic heterocycles. The number of nitrogens with zero attached hydrogens (tertiary/aromatic N) is 2. The minimum atomic E-state index is -4.01. The summed E-state index contributed by atoms with van der Waals surface area (Å²) < 4.78 is 29.5. The molecule has 2 aromatic carbocycles. The van der Waals surface area contributed by atoms with Gasteiger partial charge in [-0.1, -0.05) is 41.7 Å². The fraction of sp³-hybridized carbons (Fsp3) is 0.273. The number of carbonyl (C=O) groups is 4. The van der Waals surface area contributed by atoms with Gasteiger partial charge in [0.25, 0.3) is 11.8 Å². The molecular formula is C22H12B6ClF2N3O4. The van der Waals surface area contributed by atoms with E-state index in [0.717, 1.165) is 17.0 Å². The lowest BCUT2D eigenvalue weighted by atomic mass is 9.48. The van der Waals surface area contributed by atoms with E-state index in [2.05, 4.69) is 0 Å². The van der Waals surface area contributed by atoms with E-state index in [9.17, 15) is 28.0 Å². The van der Waals surface area contributed by atoms with E-state index in [1.54, 1.807) is 0 Å². The maximum absolute atomic E-state index is 14.7. The van der Waals surface area contributed by atoms with Gasteiger partial charge in [-0.2, -0.15) is 8.78 Å². The number of hydrogen-bond donors (Lipinski definition) is 1. The van der Waals surface area contributed by atoms with Crippen molar-refractivity contribution in [1.29, 1.82) is 0 Å². The van der Waals surface area contributed by atoms with Crippen LogP contribution in [-0.4, -0.2) is 86.0 Å². The third kappa shape index (κ3) is 4.28. The van der Waals surface area contributed by atoms with Crippen LogP contribution in [0.1, 0.15) is 27.0 Å². The molecule has 2 heterocycles. The fourth-order valence-electron chi connectivity index (χ4n) is 4.32. The highest BCUT2D eigenvalue weighted by Gasteiger charge is 2.55. The molecule has 1 saturated heterocycles. The first-order chi connectivity index (χ1) is 17.5. The predicted octanol–water partition coefficient (Wildman–Crippen LogP) is -0.118. The number of nitrogens with one attached hydrogen (secondary N) is 1. The van der Waals surface area contributed by atoms with Crippen molar-refractivity contribution in [3.8, 4) is 0 Å². The van der Waals surface area contributed by atoms with Crippen molar-refractivity contribution in [2.75, 3.05) is 0 Å². The number of imide groups is 1. The largest absolute Gasteiger partial charge is 0.358 e. The lowest BCUT2D eigenvalue weighted by molar-refractivity contribution is -0.148. The molecule has 12 radical (unpaired) electrons. The zero-order chi connectivity index (χ0) is 28.4. The van der Waals surface area contributed by atoms with Crippen molar-refractivity contribution in [3.63, 3.8) is 0 Å². The second-order valence-corrected chi connectivity index (χ2v) is 9.49. The number of halogens is 3. The van der Waals surface area contributed by atoms with E-state index < -0.39 is 57.5 Å². The van der Waals surface area contributed by atoms with E-state index >= 15 is 0 Å². The van der Waals surface area contributed by atoms with E-state index in [1.807, 2.05) is 5.32 Å². The predicted molar refractivity (Wildman–Crippen MR) is 138 cm³/mol. The average Bonchev–Trinajstić information content (AvgIpc) is 3.21. The van der Waals surface area contributed by atoms with Gasteiger partial charge < -0.3 is 15.0 Å². The van der Waals surface area contributed by atoms with Crippen molar-refractivity contribution in [3.05, 3.63) is 69.7 Å². The lowest BCUT2D eigenvalue weighted by Crippen LogP contribution is -2.68. The standard InChI is InChI=1S/C22H12B6ClF2N3O4/c23-14-15(24)20(25,19(38)34(28)17(14)36)33-8-9-7-11(3-6-13(9)16(33)35)22(26,27)32-18(37)21(30,31)10-1-4-12(29)5-2-10/h1-7,14-15H,8H2,(H,32,37)/t14?,15?,20-/m0/s1. The zero-order valence-corrected chi connectivity index (χ0v) is 20.3. The summed E-state index contributed by atoms with van der Waals surface area (Å²) in [5, 5.41) is -0.211. The molecule has 178 valence electrons. The summed E-state index contributed by atoms with van der Waals surface area (Å²) in [5.41, 5.74) is -2.69. The van der Waals surface area contributed by atoms with E-state index in [1.165, 1.54) is 30.3 Å². The molecule has 4 rings (SSSR count). The van der Waals surface area contributed by atoms with Crippen LogP contribution in [-0.2, 0) is 32.2 Å². The number of fused-ring (bicyclic) bond motifs is 1. The Labute approximate surface area is 229 Å². The molecule has 0 bridgehead atoms. The average molecular weight is 521 g/mol. The van der Waals surface area contributed by atoms with Crippen molar-refractivity contribution < 1.29 is 28.0 Å². The molecule has 2 aromatic rings. The molecule has 0 aliphatic carbocycles. The van der Waals surface area contributed by atoms with Gasteiger partial charge in [-0.05, 0) is 40.5 Å². The monoisotopic (exact) mass is 521 g/mol. The van der Waals surface area contributed by atoms with Crippen LogP contribution in [0.3, 0.4) is 0 Å². The molecule has 1 N–H and O–H groups in total. The first-order valence-electron chi connectivity index (χ1n) is 11.0. The molecule has 0 spiro atoms. The Balaban J connectivity index is 1.60. The van der Waals surface area contributed by atoms with Gasteiger partial charge in [-0.25, -0.2) is 0 Å². The Hall–Kier alpha value is -2.94. The Morgan fingerprint density at radius 3 is 2.24 bits per heavy atom. The Kier molecular flexibility index (Phi) is 6.92. The Morgan fingerprint density at radius 2 is 1.63 bits per heavy atom. The van der Waals surface area contributed by atoms with Gasteiger partial charge >= 0.3 is 5.92 Å². The zero-order valence-electron chi connectivity index (χ0n) is 19.5. The van der Waals surface area contributed by atoms with Crippen LogP contribution in [0, 0.1) is 0 Å². The molecule has 2 unspecified atom stereocenters. The van der Waals surface area contributed by atoms with E-state index in [0.29, 0.717) is 0 Å². The number of carbonyl (C=O) groups excluding carboxylic acids is 4. The molecule has 2 aliphatic heterocycles. The van der Waals surface area contributed by atoms with Gasteiger partial charge in [0.2, 0.25) is 19.8 Å². The summed E-state index contributed by atoms with van der Waals surface area (Å²) in [5.74, 6) is -11.6. The summed E-state index contributed by atoms with van der Waals surface area (Å²) in [6.45, 7) is -0.322. The molecular weight excluding hydrogens is 509 g/mol. The highest BCUT2D eigenvalue weighted by molar-refractivity contribution is 6.47. The highest BCUT2D eigenvalue weighted by atomic mass is 35.5. The van der Waals surface area contributed by atoms with E-state index in [4.69, 9.17) is 58.8 Å². The first-order valence-corrected chi connectivity index (χ1v) is 11.3. The summed E-state index contributed by atoms with van der Waals surface area (Å²) in [4.78, 5) is 51.6. The second kappa shape index (κ2) is 9.36. The van der Waals surface area contributed by atoms with Gasteiger partial charge in [0, 0.05) is 22.7 Å². The van der Waals surface area contributed by atoms with Crippen LogP contribution in [0.4, 0.5) is 8.78 Å². The summed E-state index contributed by atoms with van der Waals surface area (Å²) in [7, 11) is 35.5. The topological polar surface area (TPSA) is 86.8 Å². The second-order valence-electron chi connectivity index (χ2n) is 9.06. The third-order valence-corrected chi connectivity index (χ3v) is 6.88. The van der Waals surface area contributed by atoms with Crippen LogP contribution >= 0.6 is 11.6 Å². The molecule has 7 nitrogen and oxygen atoms in total. The molecule has 0 saturated carbocycles. The number of piperidine rings is 1. The highest BCUT2D eigenvalue weighted by Crippen LogP contribution is 2.43. The van der Waals surface area contributed by atoms with Gasteiger partial charge in [-0.15, -0.1) is 0 Å². The number of benzene rings is 2. The number of alkyl halides is 2. The van der Waals surface area contributed by atoms with Crippen LogP contribution in [0.25, 0.3) is 0 Å². The van der Waals surface area contributed by atoms with Crippen molar-refractivity contribution in [1.82, 2.24) is 15.0 Å². The molecule has 2 aliphatic rings. The Morgan fingerprint density at radius 1 is 1.05 bits per heavy atom. The van der Waals surface area contributed by atoms with Crippen molar-refractivity contribution in [2.24, 2.45) is 0 Å². The number of rotatable bonds is 5. The molecule has 4 amide bonds. The van der Waals surface area contributed by atoms with Crippen LogP contribution in [0.2, 0.25) is 16.7 Å². The normalized spacial score (nSPS) is 23.9. The first kappa shape index (κ1) is 28.1. The van der Waals surface area contributed by atoms with Crippen LogP contribution in [0.5, 0.6) is 0 Å². The number of amides is 4. The Bertz CT molecular complexity index is 1370. The SMILES string of the molecule is [B]C1C(=O)N([B])C(=O)[C@@]([B])(N2Cc3cc(C([B])([B])NC(=O)C(F)(F)c4ccc(Cl)cc4)ccc3C2=O)C1[B]. The summed E-state index contributed by atoms with van der Waals surface area (Å²) >= 11 is 5.71. The van der Waals surface area contributed by atoms with Gasteiger partial charge in [0.1, 0.15) is 7.85 Å². The summed E-state index contributed by atoms with van der Waals surface area (Å²) in [6.07, 6.45) is 0. The van der Waals surface area contributed by atoms with Crippen molar-refractivity contribution >= 4 is 82.4 Å². The van der Waals surface area contributed by atoms with Crippen LogP contribution in [0.15, 0.2) is 42.5 Å². The summed E-state index contributed by atoms with van der Waals surface area (Å²) in [6, 6.07) is 8.12. The quantitative estimate of drug-likeness (QED) is 0.440. The third-order valence-electron chi connectivity index (χ3n) is 6.62. The molecule has 16 heteroatoms. The fourth-order valence-corrected chi connectivity index (χ4v) is 4.45. The van der Waals surface area contributed by atoms with E-state index in [-0.39, 0.29) is 33.1 Å². The minimum Gasteiger partial charge on any atom is -0.358 e. The smallest absolute Gasteiger partial charge is 0.349 e. The molecule has 1 fully saturated rings. The number of hydrogen-bond acceptors (Lipinski definition) is 4.